The van der Waals surface area contributed by atoms with Gasteiger partial charge in [-0.15, -0.1) is 0 Å². The van der Waals surface area contributed by atoms with Gasteiger partial charge >= 0.3 is 6.03 Å². The molecule has 0 aliphatic rings. The molecule has 0 saturated heterocycles. The maximum Gasteiger partial charge on any atom is 0.319 e. The smallest absolute Gasteiger partial charge is 0.319 e. The molecular weight excluding hydrogens is 386 g/mol. The van der Waals surface area contributed by atoms with Crippen LogP contribution in [0.25, 0.3) is 0 Å². The Labute approximate surface area is 153 Å². The number of carbonyl (C=O) groups is 2. The molecule has 2 rings (SSSR count). The molecule has 2 aromatic rings. The van der Waals surface area contributed by atoms with Crippen molar-refractivity contribution in [2.75, 3.05) is 11.9 Å². The molecule has 6 N–H and O–H groups in total. The first kappa shape index (κ1) is 18.5. The number of urea groups is 1. The first-order valence-corrected chi connectivity index (χ1v) is 8.24. The number of halogens is 1. The van der Waals surface area contributed by atoms with Crippen molar-refractivity contribution < 1.29 is 9.59 Å². The lowest BCUT2D eigenvalue weighted by Crippen LogP contribution is -2.38. The van der Waals surface area contributed by atoms with Crippen LogP contribution in [0, 0.1) is 5.41 Å². The predicted octanol–water partition coefficient (Wildman–Crippen LogP) is 2.17. The molecule has 0 bridgehead atoms. The van der Waals surface area contributed by atoms with Crippen LogP contribution < -0.4 is 21.7 Å². The highest BCUT2D eigenvalue weighted by molar-refractivity contribution is 9.10. The van der Waals surface area contributed by atoms with E-state index in [9.17, 15) is 9.59 Å². The zero-order chi connectivity index (χ0) is 18.2. The monoisotopic (exact) mass is 403 g/mol. The van der Waals surface area contributed by atoms with Crippen molar-refractivity contribution in [1.82, 2.24) is 10.6 Å². The zero-order valence-corrected chi connectivity index (χ0v) is 14.9. The lowest BCUT2D eigenvalue weighted by Gasteiger charge is -2.09. The number of amidine groups is 1. The van der Waals surface area contributed by atoms with Gasteiger partial charge in [-0.2, -0.15) is 0 Å². The van der Waals surface area contributed by atoms with E-state index in [-0.39, 0.29) is 18.3 Å². The van der Waals surface area contributed by atoms with E-state index in [1.54, 1.807) is 24.3 Å². The Morgan fingerprint density at radius 1 is 1.08 bits per heavy atom. The number of nitrogens with one attached hydrogen (secondary N) is 4. The van der Waals surface area contributed by atoms with Crippen molar-refractivity contribution in [2.45, 2.75) is 6.54 Å². The average Bonchev–Trinajstić information content (AvgIpc) is 2.58. The number of rotatable bonds is 6. The minimum absolute atomic E-state index is 0.0871. The van der Waals surface area contributed by atoms with Crippen molar-refractivity contribution >= 4 is 39.4 Å². The van der Waals surface area contributed by atoms with Gasteiger partial charge in [0, 0.05) is 22.3 Å². The Bertz CT molecular complexity index is 794. The second kappa shape index (κ2) is 8.84. The highest BCUT2D eigenvalue weighted by atomic mass is 79.9. The minimum Gasteiger partial charge on any atom is -0.384 e. The normalized spacial score (nSPS) is 9.96. The van der Waals surface area contributed by atoms with Gasteiger partial charge in [0.25, 0.3) is 0 Å². The summed E-state index contributed by atoms with van der Waals surface area (Å²) in [6.45, 7) is 0.231. The molecule has 0 fully saturated rings. The highest BCUT2D eigenvalue weighted by Crippen LogP contribution is 2.11. The zero-order valence-electron chi connectivity index (χ0n) is 13.3. The summed E-state index contributed by atoms with van der Waals surface area (Å²) in [4.78, 5) is 23.6. The maximum absolute atomic E-state index is 11.8. The molecule has 3 amide bonds. The molecule has 0 atom stereocenters. The number of nitrogens with two attached hydrogens (primary N) is 1. The maximum atomic E-state index is 11.8. The fourth-order valence-electron chi connectivity index (χ4n) is 2.01. The van der Waals surface area contributed by atoms with Crippen molar-refractivity contribution in [1.29, 1.82) is 5.41 Å². The van der Waals surface area contributed by atoms with Gasteiger partial charge in [0.1, 0.15) is 5.84 Å². The standard InChI is InChI=1S/C17H18BrN5O2/c18-13-5-1-3-11(7-13)9-21-15(24)10-22-17(25)23-14-6-2-4-12(8-14)16(19)20/h1-8H,9-10H2,(H3,19,20)(H,21,24)(H2,22,23,25). The number of hydrogen-bond acceptors (Lipinski definition) is 3. The van der Waals surface area contributed by atoms with Crippen LogP contribution in [0.5, 0.6) is 0 Å². The van der Waals surface area contributed by atoms with Crippen LogP contribution in [0.2, 0.25) is 0 Å². The summed E-state index contributed by atoms with van der Waals surface area (Å²) in [5.74, 6) is -0.386. The van der Waals surface area contributed by atoms with Crippen LogP contribution in [0.1, 0.15) is 11.1 Å². The van der Waals surface area contributed by atoms with Gasteiger partial charge in [-0.1, -0.05) is 40.2 Å². The number of anilines is 1. The Morgan fingerprint density at radius 2 is 1.84 bits per heavy atom. The van der Waals surface area contributed by atoms with E-state index in [0.29, 0.717) is 17.8 Å². The number of hydrogen-bond donors (Lipinski definition) is 5. The van der Waals surface area contributed by atoms with Gasteiger partial charge in [-0.25, -0.2) is 4.79 Å². The molecule has 0 spiro atoms. The van der Waals surface area contributed by atoms with E-state index < -0.39 is 6.03 Å². The van der Waals surface area contributed by atoms with Crippen LogP contribution in [-0.4, -0.2) is 24.3 Å². The fourth-order valence-corrected chi connectivity index (χ4v) is 2.46. The summed E-state index contributed by atoms with van der Waals surface area (Å²) >= 11 is 3.37. The molecule has 0 aliphatic heterocycles. The third-order valence-electron chi connectivity index (χ3n) is 3.22. The number of nitrogen functional groups attached to an aromatic ring is 1. The van der Waals surface area contributed by atoms with E-state index >= 15 is 0 Å². The van der Waals surface area contributed by atoms with E-state index in [0.717, 1.165) is 10.0 Å². The second-order valence-electron chi connectivity index (χ2n) is 5.21. The lowest BCUT2D eigenvalue weighted by atomic mass is 10.2. The molecule has 130 valence electrons. The van der Waals surface area contributed by atoms with Crippen LogP contribution in [0.15, 0.2) is 53.0 Å². The van der Waals surface area contributed by atoms with Crippen LogP contribution >= 0.6 is 15.9 Å². The van der Waals surface area contributed by atoms with Gasteiger partial charge in [0.05, 0.1) is 6.54 Å². The van der Waals surface area contributed by atoms with E-state index in [2.05, 4.69) is 31.9 Å². The van der Waals surface area contributed by atoms with Crippen molar-refractivity contribution in [3.63, 3.8) is 0 Å². The van der Waals surface area contributed by atoms with Gasteiger partial charge < -0.3 is 21.7 Å². The van der Waals surface area contributed by atoms with Gasteiger partial charge in [0.15, 0.2) is 0 Å². The van der Waals surface area contributed by atoms with E-state index in [1.165, 1.54) is 0 Å². The van der Waals surface area contributed by atoms with Gasteiger partial charge in [-0.05, 0) is 29.8 Å². The van der Waals surface area contributed by atoms with E-state index in [1.807, 2.05) is 24.3 Å². The average molecular weight is 404 g/mol. The first-order valence-electron chi connectivity index (χ1n) is 7.44. The molecule has 0 saturated carbocycles. The third kappa shape index (κ3) is 6.27. The molecule has 0 unspecified atom stereocenters. The largest absolute Gasteiger partial charge is 0.384 e. The van der Waals surface area contributed by atoms with Crippen molar-refractivity contribution in [2.24, 2.45) is 5.73 Å². The summed E-state index contributed by atoms with van der Waals surface area (Å²) < 4.78 is 0.935. The van der Waals surface area contributed by atoms with Crippen LogP contribution in [0.4, 0.5) is 10.5 Å². The predicted molar refractivity (Wildman–Crippen MR) is 100 cm³/mol. The topological polar surface area (TPSA) is 120 Å². The first-order chi connectivity index (χ1) is 11.9. The molecule has 0 heterocycles. The second-order valence-corrected chi connectivity index (χ2v) is 6.12. The molecule has 8 heteroatoms. The molecule has 0 aliphatic carbocycles. The molecule has 25 heavy (non-hydrogen) atoms. The summed E-state index contributed by atoms with van der Waals surface area (Å²) in [5.41, 5.74) is 7.34. The van der Waals surface area contributed by atoms with Gasteiger partial charge in [-0.3, -0.25) is 10.2 Å². The Hall–Kier alpha value is -2.87. The molecular formula is C17H18BrN5O2. The molecule has 7 nitrogen and oxygen atoms in total. The molecule has 2 aromatic carbocycles. The quantitative estimate of drug-likeness (QED) is 0.375. The Morgan fingerprint density at radius 3 is 2.56 bits per heavy atom. The summed E-state index contributed by atoms with van der Waals surface area (Å²) in [6, 6.07) is 13.7. The number of benzene rings is 2. The SMILES string of the molecule is N=C(N)c1cccc(NC(=O)NCC(=O)NCc2cccc(Br)c2)c1. The minimum atomic E-state index is -0.515. The van der Waals surface area contributed by atoms with Gasteiger partial charge in [0.2, 0.25) is 5.91 Å². The number of amides is 3. The number of carbonyl (C=O) groups excluding carboxylic acids is 2. The molecule has 0 aromatic heterocycles. The highest BCUT2D eigenvalue weighted by Gasteiger charge is 2.07. The van der Waals surface area contributed by atoms with Crippen LogP contribution in [-0.2, 0) is 11.3 Å². The third-order valence-corrected chi connectivity index (χ3v) is 3.71. The summed E-state index contributed by atoms with van der Waals surface area (Å²) in [5, 5.41) is 15.2. The molecule has 0 radical (unpaired) electrons. The van der Waals surface area contributed by atoms with Crippen LogP contribution in [0.3, 0.4) is 0 Å². The summed E-state index contributed by atoms with van der Waals surface area (Å²) in [6.07, 6.45) is 0. The van der Waals surface area contributed by atoms with Crippen molar-refractivity contribution in [3.05, 3.63) is 64.1 Å². The summed E-state index contributed by atoms with van der Waals surface area (Å²) in [7, 11) is 0. The Kier molecular flexibility index (Phi) is 6.53. The Balaban J connectivity index is 1.76. The van der Waals surface area contributed by atoms with Crippen molar-refractivity contribution in [3.8, 4) is 0 Å². The van der Waals surface area contributed by atoms with E-state index in [4.69, 9.17) is 11.1 Å². The lowest BCUT2D eigenvalue weighted by molar-refractivity contribution is -0.120. The fraction of sp³-hybridized carbons (Fsp3) is 0.118.